The number of anilines is 1. The number of amides is 1. The molecule has 1 aliphatic carbocycles. The van der Waals surface area contributed by atoms with E-state index in [2.05, 4.69) is 5.32 Å². The lowest BCUT2D eigenvalue weighted by atomic mass is 9.77. The fourth-order valence-corrected chi connectivity index (χ4v) is 2.90. The van der Waals surface area contributed by atoms with E-state index in [9.17, 15) is 9.18 Å². The number of benzene rings is 1. The zero-order chi connectivity index (χ0) is 16.4. The predicted molar refractivity (Wildman–Crippen MR) is 85.2 cm³/mol. The van der Waals surface area contributed by atoms with Crippen molar-refractivity contribution in [1.29, 1.82) is 0 Å². The summed E-state index contributed by atoms with van der Waals surface area (Å²) in [7, 11) is 0. The van der Waals surface area contributed by atoms with Gasteiger partial charge < -0.3 is 10.5 Å². The molecular formula is C17H25FN2O2. The van der Waals surface area contributed by atoms with Gasteiger partial charge in [-0.15, -0.1) is 0 Å². The summed E-state index contributed by atoms with van der Waals surface area (Å²) in [5.41, 5.74) is 6.49. The molecule has 0 unspecified atom stereocenters. The van der Waals surface area contributed by atoms with Crippen LogP contribution in [0.1, 0.15) is 58.4 Å². The summed E-state index contributed by atoms with van der Waals surface area (Å²) in [6, 6.07) is 4.30. The highest BCUT2D eigenvalue weighted by atomic mass is 19.1. The zero-order valence-electron chi connectivity index (χ0n) is 13.5. The molecule has 3 N–H and O–H groups in total. The fraction of sp³-hybridized carbons (Fsp3) is 0.588. The van der Waals surface area contributed by atoms with Crippen molar-refractivity contribution < 1.29 is 13.9 Å². The number of carbonyl (C=O) groups excluding carboxylic acids is 1. The van der Waals surface area contributed by atoms with E-state index >= 15 is 0 Å². The van der Waals surface area contributed by atoms with Gasteiger partial charge in [-0.2, -0.15) is 0 Å². The van der Waals surface area contributed by atoms with E-state index in [1.54, 1.807) is 26.8 Å². The summed E-state index contributed by atoms with van der Waals surface area (Å²) in [4.78, 5) is 12.0. The molecule has 0 radical (unpaired) electrons. The Balaban J connectivity index is 2.26. The Morgan fingerprint density at radius 3 is 2.50 bits per heavy atom. The van der Waals surface area contributed by atoms with E-state index in [0.29, 0.717) is 11.3 Å². The molecule has 5 heteroatoms. The first kappa shape index (κ1) is 16.7. The average Bonchev–Trinajstić information content (AvgIpc) is 2.39. The molecule has 1 aromatic rings. The third kappa shape index (κ3) is 4.19. The number of rotatable bonds is 2. The number of carbonyl (C=O) groups is 1. The van der Waals surface area contributed by atoms with Gasteiger partial charge in [-0.3, -0.25) is 5.32 Å². The first-order chi connectivity index (χ1) is 10.2. The number of nitrogens with two attached hydrogens (primary N) is 1. The number of hydrogen-bond acceptors (Lipinski definition) is 3. The Morgan fingerprint density at radius 1 is 1.27 bits per heavy atom. The van der Waals surface area contributed by atoms with Gasteiger partial charge in [0.15, 0.2) is 0 Å². The lowest BCUT2D eigenvalue weighted by Crippen LogP contribution is -2.39. The maximum absolute atomic E-state index is 13.7. The standard InChI is InChI=1S/C17H25FN2O2/c1-16(2,3)22-15(21)20-14-8-7-12(18)11-13(14)17(19)9-5-4-6-10-17/h7-8,11H,4-6,9-10,19H2,1-3H3,(H,20,21). The van der Waals surface area contributed by atoms with Gasteiger partial charge in [-0.1, -0.05) is 19.3 Å². The molecule has 0 saturated heterocycles. The second-order valence-electron chi connectivity index (χ2n) is 7.03. The molecule has 0 aliphatic heterocycles. The maximum Gasteiger partial charge on any atom is 0.412 e. The van der Waals surface area contributed by atoms with Crippen LogP contribution in [0.3, 0.4) is 0 Å². The second kappa shape index (κ2) is 6.24. The third-order valence-corrected chi connectivity index (χ3v) is 3.90. The molecule has 1 amide bonds. The Kier molecular flexibility index (Phi) is 4.75. The van der Waals surface area contributed by atoms with Crippen LogP contribution in [-0.4, -0.2) is 11.7 Å². The molecule has 0 spiro atoms. The van der Waals surface area contributed by atoms with Crippen molar-refractivity contribution in [2.24, 2.45) is 5.73 Å². The van der Waals surface area contributed by atoms with E-state index in [-0.39, 0.29) is 5.82 Å². The highest BCUT2D eigenvalue weighted by Gasteiger charge is 2.32. The summed E-state index contributed by atoms with van der Waals surface area (Å²) in [6.45, 7) is 5.39. The van der Waals surface area contributed by atoms with Crippen LogP contribution in [0.15, 0.2) is 18.2 Å². The van der Waals surface area contributed by atoms with Gasteiger partial charge >= 0.3 is 6.09 Å². The molecule has 1 aliphatic rings. The van der Waals surface area contributed by atoms with Gasteiger partial charge in [0.05, 0.1) is 0 Å². The minimum atomic E-state index is -0.593. The van der Waals surface area contributed by atoms with Crippen LogP contribution < -0.4 is 11.1 Å². The smallest absolute Gasteiger partial charge is 0.412 e. The first-order valence-corrected chi connectivity index (χ1v) is 7.79. The molecule has 0 atom stereocenters. The van der Waals surface area contributed by atoms with E-state index in [1.165, 1.54) is 12.1 Å². The van der Waals surface area contributed by atoms with Crippen molar-refractivity contribution in [3.05, 3.63) is 29.6 Å². The molecule has 122 valence electrons. The van der Waals surface area contributed by atoms with E-state index in [1.807, 2.05) is 0 Å². The second-order valence-corrected chi connectivity index (χ2v) is 7.03. The average molecular weight is 308 g/mol. The van der Waals surface area contributed by atoms with E-state index in [4.69, 9.17) is 10.5 Å². The number of hydrogen-bond donors (Lipinski definition) is 2. The number of ether oxygens (including phenoxy) is 1. The van der Waals surface area contributed by atoms with Crippen LogP contribution >= 0.6 is 0 Å². The van der Waals surface area contributed by atoms with Crippen molar-refractivity contribution in [1.82, 2.24) is 0 Å². The number of nitrogens with one attached hydrogen (secondary N) is 1. The normalized spacial score (nSPS) is 17.9. The van der Waals surface area contributed by atoms with Crippen molar-refractivity contribution >= 4 is 11.8 Å². The topological polar surface area (TPSA) is 64.3 Å². The summed E-state index contributed by atoms with van der Waals surface area (Å²) < 4.78 is 18.9. The Labute approximate surface area is 131 Å². The molecule has 2 rings (SSSR count). The summed E-state index contributed by atoms with van der Waals surface area (Å²) >= 11 is 0. The lowest BCUT2D eigenvalue weighted by Gasteiger charge is -2.35. The predicted octanol–water partition coefficient (Wildman–Crippen LogP) is 4.29. The molecule has 1 saturated carbocycles. The summed E-state index contributed by atoms with van der Waals surface area (Å²) in [6.07, 6.45) is 4.19. The quantitative estimate of drug-likeness (QED) is 0.856. The summed E-state index contributed by atoms with van der Waals surface area (Å²) in [5.74, 6) is -0.347. The number of halogens is 1. The molecule has 0 heterocycles. The Hall–Kier alpha value is -1.62. The molecule has 22 heavy (non-hydrogen) atoms. The first-order valence-electron chi connectivity index (χ1n) is 7.79. The van der Waals surface area contributed by atoms with Crippen molar-refractivity contribution in [2.45, 2.75) is 64.0 Å². The van der Waals surface area contributed by atoms with Gasteiger partial charge in [-0.05, 0) is 57.4 Å². The highest BCUT2D eigenvalue weighted by molar-refractivity contribution is 5.86. The molecule has 0 aromatic heterocycles. The van der Waals surface area contributed by atoms with Gasteiger partial charge in [0.2, 0.25) is 0 Å². The summed E-state index contributed by atoms with van der Waals surface area (Å²) in [5, 5.41) is 2.71. The molecule has 1 aromatic carbocycles. The van der Waals surface area contributed by atoms with Gasteiger partial charge in [-0.25, -0.2) is 9.18 Å². The van der Waals surface area contributed by atoms with Crippen molar-refractivity contribution in [2.75, 3.05) is 5.32 Å². The van der Waals surface area contributed by atoms with Crippen molar-refractivity contribution in [3.8, 4) is 0 Å². The minimum absolute atomic E-state index is 0.347. The SMILES string of the molecule is CC(C)(C)OC(=O)Nc1ccc(F)cc1C1(N)CCCCC1. The van der Waals surface area contributed by atoms with Crippen LogP contribution in [0.2, 0.25) is 0 Å². The fourth-order valence-electron chi connectivity index (χ4n) is 2.90. The van der Waals surface area contributed by atoms with Crippen LogP contribution in [0.5, 0.6) is 0 Å². The molecular weight excluding hydrogens is 283 g/mol. The maximum atomic E-state index is 13.7. The van der Waals surface area contributed by atoms with Gasteiger partial charge in [0.1, 0.15) is 11.4 Å². The minimum Gasteiger partial charge on any atom is -0.444 e. The Morgan fingerprint density at radius 2 is 1.91 bits per heavy atom. The van der Waals surface area contributed by atoms with E-state index < -0.39 is 17.2 Å². The van der Waals surface area contributed by atoms with Crippen LogP contribution in [0.4, 0.5) is 14.9 Å². The lowest BCUT2D eigenvalue weighted by molar-refractivity contribution is 0.0635. The van der Waals surface area contributed by atoms with Gasteiger partial charge in [0.25, 0.3) is 0 Å². The Bertz CT molecular complexity index is 546. The van der Waals surface area contributed by atoms with Crippen LogP contribution in [0.25, 0.3) is 0 Å². The van der Waals surface area contributed by atoms with Crippen LogP contribution in [0, 0.1) is 5.82 Å². The monoisotopic (exact) mass is 308 g/mol. The molecule has 0 bridgehead atoms. The van der Waals surface area contributed by atoms with Gasteiger partial charge in [0, 0.05) is 11.2 Å². The van der Waals surface area contributed by atoms with E-state index in [0.717, 1.165) is 32.1 Å². The molecule has 1 fully saturated rings. The van der Waals surface area contributed by atoms with Crippen LogP contribution in [-0.2, 0) is 10.3 Å². The highest BCUT2D eigenvalue weighted by Crippen LogP contribution is 2.38. The largest absolute Gasteiger partial charge is 0.444 e. The third-order valence-electron chi connectivity index (χ3n) is 3.90. The zero-order valence-corrected chi connectivity index (χ0v) is 13.5. The van der Waals surface area contributed by atoms with Crippen molar-refractivity contribution in [3.63, 3.8) is 0 Å². The molecule has 4 nitrogen and oxygen atoms in total.